The summed E-state index contributed by atoms with van der Waals surface area (Å²) in [5.41, 5.74) is 2.65. The summed E-state index contributed by atoms with van der Waals surface area (Å²) in [6.07, 6.45) is 1.99. The molecule has 0 spiro atoms. The molecule has 14 heavy (non-hydrogen) atoms. The fraction of sp³-hybridized carbons (Fsp3) is 0.0909. The van der Waals surface area contributed by atoms with Crippen molar-refractivity contribution in [3.05, 3.63) is 33.5 Å². The Hall–Kier alpha value is -0.970. The van der Waals surface area contributed by atoms with E-state index in [9.17, 15) is 0 Å². The van der Waals surface area contributed by atoms with E-state index in [1.165, 1.54) is 20.2 Å². The second kappa shape index (κ2) is 3.02. The maximum Gasteiger partial charge on any atom is 0.0854 e. The van der Waals surface area contributed by atoms with Gasteiger partial charge in [-0.3, -0.25) is 4.99 Å². The number of aromatic nitrogens is 1. The highest BCUT2D eigenvalue weighted by atomic mass is 127. The first kappa shape index (κ1) is 8.35. The molecule has 0 N–H and O–H groups in total. The van der Waals surface area contributed by atoms with Crippen LogP contribution in [0.4, 0.5) is 0 Å². The molecule has 1 aliphatic heterocycles. The Balaban J connectivity index is 2.54. The molecule has 2 heterocycles. The van der Waals surface area contributed by atoms with Crippen molar-refractivity contribution < 1.29 is 0 Å². The van der Waals surface area contributed by atoms with Crippen LogP contribution in [-0.2, 0) is 7.05 Å². The van der Waals surface area contributed by atoms with Crippen LogP contribution in [0.1, 0.15) is 5.56 Å². The second-order valence-electron chi connectivity index (χ2n) is 3.27. The third-order valence-corrected chi connectivity index (χ3v) is 4.98. The number of aliphatic imine (C=N–C) groups is 1. The molecule has 1 aromatic heterocycles. The number of halogens is 1. The monoisotopic (exact) mass is 296 g/mol. The van der Waals surface area contributed by atoms with Crippen LogP contribution in [0.5, 0.6) is 0 Å². The molecule has 0 fully saturated rings. The smallest absolute Gasteiger partial charge is 0.0854 e. The number of hydrogen-bond donors (Lipinski definition) is 0. The van der Waals surface area contributed by atoms with Crippen molar-refractivity contribution in [3.8, 4) is 0 Å². The lowest BCUT2D eigenvalue weighted by Crippen LogP contribution is -1.95. The van der Waals surface area contributed by atoms with E-state index in [0.29, 0.717) is 0 Å². The molecule has 0 aliphatic carbocycles. The number of hydrogen-bond acceptors (Lipinski definition) is 1. The molecule has 0 unspecified atom stereocenters. The van der Waals surface area contributed by atoms with Gasteiger partial charge in [0.05, 0.1) is 7.84 Å². The van der Waals surface area contributed by atoms with Crippen molar-refractivity contribution >= 4 is 42.0 Å². The minimum absolute atomic E-state index is 0.0348. The number of benzene rings is 1. The van der Waals surface area contributed by atoms with Crippen molar-refractivity contribution in [2.24, 2.45) is 12.0 Å². The average Bonchev–Trinajstić information content (AvgIpc) is 2.55. The van der Waals surface area contributed by atoms with Gasteiger partial charge >= 0.3 is 0 Å². The molecule has 70 valence electrons. The van der Waals surface area contributed by atoms with Gasteiger partial charge in [-0.05, 0) is 26.8 Å². The Morgan fingerprint density at radius 1 is 1.29 bits per heavy atom. The van der Waals surface area contributed by atoms with Gasteiger partial charge in [0.1, 0.15) is 0 Å². The Bertz CT molecular complexity index is 564. The first-order chi connectivity index (χ1) is 6.88. The van der Waals surface area contributed by atoms with Crippen molar-refractivity contribution in [1.29, 1.82) is 0 Å². The van der Waals surface area contributed by atoms with Crippen molar-refractivity contribution in [2.75, 3.05) is 0 Å². The van der Waals surface area contributed by atoms with Gasteiger partial charge < -0.3 is 4.57 Å². The maximum atomic E-state index is 4.27. The molecule has 1 aromatic carbocycles. The van der Waals surface area contributed by atoms with Crippen LogP contribution in [0.25, 0.3) is 10.9 Å². The normalized spacial score (nSPS) is 14.1. The van der Waals surface area contributed by atoms with Crippen molar-refractivity contribution in [1.82, 2.24) is 4.57 Å². The highest BCUT2D eigenvalue weighted by molar-refractivity contribution is 14.2. The number of aryl methyl sites for hydroxylation is 1. The first-order valence-electron chi connectivity index (χ1n) is 4.43. The van der Waals surface area contributed by atoms with Gasteiger partial charge in [0.15, 0.2) is 0 Å². The summed E-state index contributed by atoms with van der Waals surface area (Å²) < 4.78 is 5.85. The predicted molar refractivity (Wildman–Crippen MR) is 69.3 cm³/mol. The molecule has 3 heteroatoms. The molecule has 0 saturated heterocycles. The third-order valence-electron chi connectivity index (χ3n) is 2.48. The van der Waals surface area contributed by atoms with E-state index < -0.39 is 0 Å². The molecular formula is C11H9IN2. The lowest BCUT2D eigenvalue weighted by Gasteiger charge is -2.00. The average molecular weight is 296 g/mol. The number of rotatable bonds is 0. The zero-order chi connectivity index (χ0) is 9.54. The fourth-order valence-corrected chi connectivity index (χ4v) is 3.85. The van der Waals surface area contributed by atoms with Crippen LogP contribution in [0.15, 0.2) is 29.3 Å². The fourth-order valence-electron chi connectivity index (χ4n) is 1.82. The summed E-state index contributed by atoms with van der Waals surface area (Å²) in [6, 6.07) is 8.53. The number of fused-ring (bicyclic) bond motifs is 3. The topological polar surface area (TPSA) is 17.3 Å². The van der Waals surface area contributed by atoms with Gasteiger partial charge in [0, 0.05) is 29.7 Å². The summed E-state index contributed by atoms with van der Waals surface area (Å²) in [5.74, 6) is 0. The van der Waals surface area contributed by atoms with Gasteiger partial charge in [-0.15, -0.1) is 0 Å². The summed E-state index contributed by atoms with van der Waals surface area (Å²) in [4.78, 5) is 4.27. The standard InChI is InChI=1S/C11H9IN2/c1-14-10-5-3-2-4-8(10)9-6-13-7-12-11(9)14/h2-7H,1H3. The Labute approximate surface area is 92.0 Å². The largest absolute Gasteiger partial charge is 0.339 e. The summed E-state index contributed by atoms with van der Waals surface area (Å²) in [7, 11) is 2.15. The SMILES string of the molecule is Cn1c2c(c3ccccc31)C=NC=I2. The van der Waals surface area contributed by atoms with E-state index >= 15 is 0 Å². The summed E-state index contributed by atoms with van der Waals surface area (Å²) >= 11 is -0.0348. The highest BCUT2D eigenvalue weighted by Gasteiger charge is 2.12. The predicted octanol–water partition coefficient (Wildman–Crippen LogP) is 2.51. The van der Waals surface area contributed by atoms with E-state index in [-0.39, 0.29) is 20.7 Å². The van der Waals surface area contributed by atoms with E-state index in [0.717, 1.165) is 0 Å². The van der Waals surface area contributed by atoms with Crippen LogP contribution in [-0.4, -0.2) is 14.9 Å². The molecule has 0 amide bonds. The zero-order valence-corrected chi connectivity index (χ0v) is 9.89. The lowest BCUT2D eigenvalue weighted by atomic mass is 10.2. The molecule has 1 aliphatic rings. The molecular weight excluding hydrogens is 287 g/mol. The van der Waals surface area contributed by atoms with E-state index in [2.05, 4.69) is 45.0 Å². The minimum atomic E-state index is -0.0348. The number of para-hydroxylation sites is 1. The van der Waals surface area contributed by atoms with Crippen LogP contribution < -0.4 is 0 Å². The first-order valence-corrected chi connectivity index (χ1v) is 6.76. The van der Waals surface area contributed by atoms with Gasteiger partial charge in [0.2, 0.25) is 0 Å². The van der Waals surface area contributed by atoms with Gasteiger partial charge in [-0.1, -0.05) is 18.2 Å². The van der Waals surface area contributed by atoms with Crippen LogP contribution in [0, 0.1) is 3.70 Å². The van der Waals surface area contributed by atoms with Gasteiger partial charge in [-0.25, -0.2) is 0 Å². The highest BCUT2D eigenvalue weighted by Crippen LogP contribution is 2.28. The maximum absolute atomic E-state index is 4.27. The molecule has 2 nitrogen and oxygen atoms in total. The number of nitrogens with zero attached hydrogens (tertiary/aromatic N) is 2. The Morgan fingerprint density at radius 2 is 2.14 bits per heavy atom. The molecule has 0 radical (unpaired) electrons. The Morgan fingerprint density at radius 3 is 3.07 bits per heavy atom. The molecule has 0 saturated carbocycles. The second-order valence-corrected chi connectivity index (χ2v) is 5.47. The van der Waals surface area contributed by atoms with Gasteiger partial charge in [0.25, 0.3) is 0 Å². The zero-order valence-electron chi connectivity index (χ0n) is 7.74. The van der Waals surface area contributed by atoms with E-state index in [4.69, 9.17) is 0 Å². The van der Waals surface area contributed by atoms with E-state index in [1.807, 2.05) is 6.21 Å². The summed E-state index contributed by atoms with van der Waals surface area (Å²) in [6.45, 7) is 0. The molecule has 0 bridgehead atoms. The lowest BCUT2D eigenvalue weighted by molar-refractivity contribution is 0.936. The Kier molecular flexibility index (Phi) is 1.80. The minimum Gasteiger partial charge on any atom is -0.339 e. The third kappa shape index (κ3) is 1.02. The van der Waals surface area contributed by atoms with E-state index in [1.54, 1.807) is 0 Å². The quantitative estimate of drug-likeness (QED) is 0.665. The molecule has 0 atom stereocenters. The van der Waals surface area contributed by atoms with Crippen LogP contribution in [0.3, 0.4) is 0 Å². The van der Waals surface area contributed by atoms with Crippen molar-refractivity contribution in [2.45, 2.75) is 0 Å². The van der Waals surface area contributed by atoms with Crippen LogP contribution in [0.2, 0.25) is 0 Å². The van der Waals surface area contributed by atoms with Gasteiger partial charge in [-0.2, -0.15) is 0 Å². The van der Waals surface area contributed by atoms with Crippen molar-refractivity contribution in [3.63, 3.8) is 0 Å². The summed E-state index contributed by atoms with van der Waals surface area (Å²) in [5, 5.41) is 1.33. The molecule has 3 rings (SSSR count). The van der Waals surface area contributed by atoms with Crippen LogP contribution >= 0.6 is 20.7 Å². The molecule has 2 aromatic rings.